The van der Waals surface area contributed by atoms with Crippen LogP contribution < -0.4 is 10.6 Å². The first-order valence-electron chi connectivity index (χ1n) is 6.13. The number of aliphatic carboxylic acids is 1. The normalized spacial score (nSPS) is 11.8. The van der Waals surface area contributed by atoms with Gasteiger partial charge in [-0.15, -0.1) is 0 Å². The summed E-state index contributed by atoms with van der Waals surface area (Å²) < 4.78 is 13.1. The molecule has 0 spiro atoms. The van der Waals surface area contributed by atoms with Gasteiger partial charge in [-0.25, -0.2) is 9.18 Å². The van der Waals surface area contributed by atoms with Crippen LogP contribution in [0.1, 0.15) is 19.8 Å². The van der Waals surface area contributed by atoms with E-state index in [4.69, 9.17) is 16.7 Å². The maximum absolute atomic E-state index is 13.1. The SMILES string of the molecule is CC(CCCNC(=O)Nc1ccc(Cl)c(F)c1)C(=O)O. The van der Waals surface area contributed by atoms with Crippen LogP contribution in [0.5, 0.6) is 0 Å². The second kappa shape index (κ2) is 7.69. The average molecular weight is 303 g/mol. The van der Waals surface area contributed by atoms with Crippen molar-refractivity contribution in [2.24, 2.45) is 5.92 Å². The molecule has 5 nitrogen and oxygen atoms in total. The number of hydrogen-bond acceptors (Lipinski definition) is 2. The number of hydrogen-bond donors (Lipinski definition) is 3. The van der Waals surface area contributed by atoms with Gasteiger partial charge in [0.15, 0.2) is 0 Å². The minimum atomic E-state index is -0.855. The van der Waals surface area contributed by atoms with Crippen molar-refractivity contribution in [2.45, 2.75) is 19.8 Å². The second-order valence-electron chi connectivity index (χ2n) is 4.39. The van der Waals surface area contributed by atoms with Crippen molar-refractivity contribution in [2.75, 3.05) is 11.9 Å². The molecular weight excluding hydrogens is 287 g/mol. The Bertz CT molecular complexity index is 497. The molecule has 0 aliphatic carbocycles. The molecule has 1 atom stereocenters. The number of carboxylic acids is 1. The topological polar surface area (TPSA) is 78.4 Å². The molecule has 0 saturated carbocycles. The molecule has 110 valence electrons. The summed E-state index contributed by atoms with van der Waals surface area (Å²) in [6.07, 6.45) is 1.03. The van der Waals surface area contributed by atoms with Gasteiger partial charge in [-0.05, 0) is 31.0 Å². The summed E-state index contributed by atoms with van der Waals surface area (Å²) in [5.74, 6) is -1.91. The average Bonchev–Trinajstić information content (AvgIpc) is 2.38. The van der Waals surface area contributed by atoms with Crippen molar-refractivity contribution in [1.82, 2.24) is 5.32 Å². The first-order valence-corrected chi connectivity index (χ1v) is 6.50. The first kappa shape index (κ1) is 16.2. The van der Waals surface area contributed by atoms with Gasteiger partial charge in [-0.2, -0.15) is 0 Å². The third-order valence-electron chi connectivity index (χ3n) is 2.70. The van der Waals surface area contributed by atoms with E-state index in [0.717, 1.165) is 6.07 Å². The Morgan fingerprint density at radius 1 is 1.45 bits per heavy atom. The van der Waals surface area contributed by atoms with Gasteiger partial charge in [0.25, 0.3) is 0 Å². The standard InChI is InChI=1S/C13H16ClFN2O3/c1-8(12(18)19)3-2-6-16-13(20)17-9-4-5-10(14)11(15)7-9/h4-5,7-8H,2-3,6H2,1H3,(H,18,19)(H2,16,17,20). The van der Waals surface area contributed by atoms with E-state index in [1.165, 1.54) is 12.1 Å². The number of carboxylic acid groups (broad SMARTS) is 1. The van der Waals surface area contributed by atoms with Crippen LogP contribution in [0.3, 0.4) is 0 Å². The molecule has 0 saturated heterocycles. The summed E-state index contributed by atoms with van der Waals surface area (Å²) in [5, 5.41) is 13.7. The molecule has 0 aliphatic heterocycles. The number of carbonyl (C=O) groups excluding carboxylic acids is 1. The number of carbonyl (C=O) groups is 2. The van der Waals surface area contributed by atoms with Crippen molar-refractivity contribution >= 4 is 29.3 Å². The molecule has 0 fully saturated rings. The third-order valence-corrected chi connectivity index (χ3v) is 3.01. The number of urea groups is 1. The number of rotatable bonds is 6. The van der Waals surface area contributed by atoms with E-state index in [0.29, 0.717) is 25.1 Å². The van der Waals surface area contributed by atoms with Gasteiger partial charge in [-0.1, -0.05) is 18.5 Å². The number of amides is 2. The summed E-state index contributed by atoms with van der Waals surface area (Å²) in [4.78, 5) is 22.1. The van der Waals surface area contributed by atoms with Crippen molar-refractivity contribution < 1.29 is 19.1 Å². The number of nitrogens with one attached hydrogen (secondary N) is 2. The summed E-state index contributed by atoms with van der Waals surface area (Å²) in [5.41, 5.74) is 0.295. The molecule has 20 heavy (non-hydrogen) atoms. The lowest BCUT2D eigenvalue weighted by Crippen LogP contribution is -2.30. The molecule has 0 aliphatic rings. The Balaban J connectivity index is 2.30. The van der Waals surface area contributed by atoms with Crippen LogP contribution in [-0.2, 0) is 4.79 Å². The fourth-order valence-electron chi connectivity index (χ4n) is 1.48. The Labute approximate surface area is 121 Å². The Morgan fingerprint density at radius 2 is 2.15 bits per heavy atom. The zero-order chi connectivity index (χ0) is 15.1. The lowest BCUT2D eigenvalue weighted by atomic mass is 10.1. The zero-order valence-corrected chi connectivity index (χ0v) is 11.7. The van der Waals surface area contributed by atoms with Crippen LogP contribution in [0.4, 0.5) is 14.9 Å². The Kier molecular flexibility index (Phi) is 6.24. The van der Waals surface area contributed by atoms with Gasteiger partial charge in [0.1, 0.15) is 5.82 Å². The van der Waals surface area contributed by atoms with Crippen molar-refractivity contribution in [1.29, 1.82) is 0 Å². The largest absolute Gasteiger partial charge is 0.481 e. The molecule has 1 aromatic carbocycles. The van der Waals surface area contributed by atoms with E-state index in [2.05, 4.69) is 10.6 Å². The van der Waals surface area contributed by atoms with Crippen LogP contribution in [-0.4, -0.2) is 23.7 Å². The van der Waals surface area contributed by atoms with Gasteiger partial charge in [0.2, 0.25) is 0 Å². The highest BCUT2D eigenvalue weighted by Crippen LogP contribution is 2.18. The summed E-state index contributed by atoms with van der Waals surface area (Å²) in [7, 11) is 0. The molecule has 1 unspecified atom stereocenters. The quantitative estimate of drug-likeness (QED) is 0.707. The smallest absolute Gasteiger partial charge is 0.319 e. The lowest BCUT2D eigenvalue weighted by Gasteiger charge is -2.09. The van der Waals surface area contributed by atoms with Crippen LogP contribution in [0, 0.1) is 11.7 Å². The summed E-state index contributed by atoms with van der Waals surface area (Å²) >= 11 is 5.52. The van der Waals surface area contributed by atoms with Crippen molar-refractivity contribution in [3.05, 3.63) is 29.0 Å². The van der Waals surface area contributed by atoms with Crippen LogP contribution in [0.25, 0.3) is 0 Å². The molecule has 1 rings (SSSR count). The third kappa shape index (κ3) is 5.44. The van der Waals surface area contributed by atoms with Gasteiger partial charge < -0.3 is 15.7 Å². The van der Waals surface area contributed by atoms with Crippen molar-refractivity contribution in [3.8, 4) is 0 Å². The lowest BCUT2D eigenvalue weighted by molar-refractivity contribution is -0.141. The van der Waals surface area contributed by atoms with Crippen molar-refractivity contribution in [3.63, 3.8) is 0 Å². The molecule has 3 N–H and O–H groups in total. The predicted molar refractivity (Wildman–Crippen MR) is 74.5 cm³/mol. The van der Waals surface area contributed by atoms with E-state index in [9.17, 15) is 14.0 Å². The highest BCUT2D eigenvalue weighted by molar-refractivity contribution is 6.30. The van der Waals surface area contributed by atoms with E-state index < -0.39 is 23.7 Å². The fourth-order valence-corrected chi connectivity index (χ4v) is 1.60. The van der Waals surface area contributed by atoms with Gasteiger partial charge in [0.05, 0.1) is 10.9 Å². The van der Waals surface area contributed by atoms with Gasteiger partial charge in [-0.3, -0.25) is 4.79 Å². The minimum absolute atomic E-state index is 0.0152. The number of anilines is 1. The van der Waals surface area contributed by atoms with E-state index in [1.54, 1.807) is 6.92 Å². The molecule has 7 heteroatoms. The molecule has 0 aromatic heterocycles. The highest BCUT2D eigenvalue weighted by atomic mass is 35.5. The number of halogens is 2. The molecule has 0 radical (unpaired) electrons. The molecule has 0 bridgehead atoms. The Hall–Kier alpha value is -1.82. The first-order chi connectivity index (χ1) is 9.40. The molecule has 0 heterocycles. The fraction of sp³-hybridized carbons (Fsp3) is 0.385. The maximum Gasteiger partial charge on any atom is 0.319 e. The highest BCUT2D eigenvalue weighted by Gasteiger charge is 2.10. The van der Waals surface area contributed by atoms with E-state index >= 15 is 0 Å². The molecule has 2 amide bonds. The Morgan fingerprint density at radius 3 is 2.75 bits per heavy atom. The second-order valence-corrected chi connectivity index (χ2v) is 4.80. The minimum Gasteiger partial charge on any atom is -0.481 e. The monoisotopic (exact) mass is 302 g/mol. The maximum atomic E-state index is 13.1. The van der Waals surface area contributed by atoms with E-state index in [1.807, 2.05) is 0 Å². The van der Waals surface area contributed by atoms with Crippen LogP contribution >= 0.6 is 11.6 Å². The predicted octanol–water partition coefficient (Wildman–Crippen LogP) is 3.10. The summed E-state index contributed by atoms with van der Waals surface area (Å²) in [6, 6.07) is 3.47. The number of benzene rings is 1. The van der Waals surface area contributed by atoms with Gasteiger partial charge >= 0.3 is 12.0 Å². The molecule has 1 aromatic rings. The van der Waals surface area contributed by atoms with Crippen LogP contribution in [0.2, 0.25) is 5.02 Å². The zero-order valence-electron chi connectivity index (χ0n) is 11.0. The van der Waals surface area contributed by atoms with E-state index in [-0.39, 0.29) is 5.02 Å². The van der Waals surface area contributed by atoms with Crippen LogP contribution in [0.15, 0.2) is 18.2 Å². The van der Waals surface area contributed by atoms with Gasteiger partial charge in [0, 0.05) is 12.2 Å². The summed E-state index contributed by atoms with van der Waals surface area (Å²) in [6.45, 7) is 1.96. The molecular formula is C13H16ClFN2O3.